The van der Waals surface area contributed by atoms with Gasteiger partial charge in [-0.1, -0.05) is 34.0 Å². The highest BCUT2D eigenvalue weighted by Gasteiger charge is 2.20. The van der Waals surface area contributed by atoms with E-state index < -0.39 is 0 Å². The fourth-order valence-corrected chi connectivity index (χ4v) is 2.61. The topological polar surface area (TPSA) is 41.1 Å². The minimum atomic E-state index is -0.0940. The first-order valence-corrected chi connectivity index (χ1v) is 6.83. The molecule has 2 N–H and O–H groups in total. The monoisotopic (exact) mass is 316 g/mol. The summed E-state index contributed by atoms with van der Waals surface area (Å²) < 4.78 is 0.899. The minimum Gasteiger partial charge on any atom is -0.323 e. The molecular formula is C12H14BrClN2O. The van der Waals surface area contributed by atoms with Crippen LogP contribution in [0.5, 0.6) is 0 Å². The molecule has 1 aromatic carbocycles. The first kappa shape index (κ1) is 12.9. The molecule has 17 heavy (non-hydrogen) atoms. The summed E-state index contributed by atoms with van der Waals surface area (Å²) in [4.78, 5) is 12.0. The smallest absolute Gasteiger partial charge is 0.241 e. The number of carbonyl (C=O) groups excluding carboxylic acids is 1. The number of rotatable bonds is 2. The third kappa shape index (κ3) is 3.44. The van der Waals surface area contributed by atoms with E-state index in [-0.39, 0.29) is 11.9 Å². The van der Waals surface area contributed by atoms with Crippen molar-refractivity contribution in [1.29, 1.82) is 0 Å². The molecule has 0 unspecified atom stereocenters. The van der Waals surface area contributed by atoms with Gasteiger partial charge < -0.3 is 10.6 Å². The highest BCUT2D eigenvalue weighted by atomic mass is 79.9. The summed E-state index contributed by atoms with van der Waals surface area (Å²) in [6.07, 6.45) is 3.13. The van der Waals surface area contributed by atoms with Gasteiger partial charge in [0.2, 0.25) is 5.91 Å². The van der Waals surface area contributed by atoms with Gasteiger partial charge in [-0.3, -0.25) is 4.79 Å². The van der Waals surface area contributed by atoms with E-state index in [0.29, 0.717) is 10.7 Å². The Balaban J connectivity index is 2.02. The fourth-order valence-electron chi connectivity index (χ4n) is 1.89. The summed E-state index contributed by atoms with van der Waals surface area (Å²) >= 11 is 9.38. The van der Waals surface area contributed by atoms with Crippen molar-refractivity contribution in [2.24, 2.45) is 0 Å². The molecule has 0 saturated carbocycles. The molecule has 92 valence electrons. The Labute approximate surface area is 114 Å². The van der Waals surface area contributed by atoms with Gasteiger partial charge in [0, 0.05) is 4.47 Å². The molecular weight excluding hydrogens is 304 g/mol. The largest absolute Gasteiger partial charge is 0.323 e. The molecule has 1 atom stereocenters. The van der Waals surface area contributed by atoms with Crippen molar-refractivity contribution >= 4 is 39.1 Å². The van der Waals surface area contributed by atoms with Crippen molar-refractivity contribution in [3.63, 3.8) is 0 Å². The van der Waals surface area contributed by atoms with Gasteiger partial charge in [0.15, 0.2) is 0 Å². The van der Waals surface area contributed by atoms with Gasteiger partial charge in [0.05, 0.1) is 16.8 Å². The molecule has 5 heteroatoms. The van der Waals surface area contributed by atoms with Crippen LogP contribution in [-0.2, 0) is 4.79 Å². The molecule has 1 aromatic rings. The number of benzene rings is 1. The second-order valence-electron chi connectivity index (χ2n) is 4.12. The van der Waals surface area contributed by atoms with Gasteiger partial charge in [-0.05, 0) is 37.6 Å². The lowest BCUT2D eigenvalue weighted by Crippen LogP contribution is -2.43. The molecule has 0 radical (unpaired) electrons. The maximum absolute atomic E-state index is 12.0. The van der Waals surface area contributed by atoms with E-state index in [0.717, 1.165) is 30.3 Å². The summed E-state index contributed by atoms with van der Waals surface area (Å²) in [6, 6.07) is 5.33. The molecule has 1 aliphatic rings. The maximum Gasteiger partial charge on any atom is 0.241 e. The molecule has 3 nitrogen and oxygen atoms in total. The molecule has 1 fully saturated rings. The van der Waals surface area contributed by atoms with E-state index in [1.807, 2.05) is 6.07 Å². The first-order valence-electron chi connectivity index (χ1n) is 5.66. The molecule has 1 saturated heterocycles. The molecule has 2 rings (SSSR count). The number of halogens is 2. The van der Waals surface area contributed by atoms with Gasteiger partial charge >= 0.3 is 0 Å². The van der Waals surface area contributed by atoms with Gasteiger partial charge in [0.1, 0.15) is 0 Å². The van der Waals surface area contributed by atoms with Crippen LogP contribution < -0.4 is 10.6 Å². The summed E-state index contributed by atoms with van der Waals surface area (Å²) in [5.41, 5.74) is 0.659. The summed E-state index contributed by atoms with van der Waals surface area (Å²) in [5.74, 6) is -0.00563. The van der Waals surface area contributed by atoms with E-state index in [1.165, 1.54) is 0 Å². The zero-order valence-corrected chi connectivity index (χ0v) is 11.6. The molecule has 1 aliphatic heterocycles. The van der Waals surface area contributed by atoms with Crippen molar-refractivity contribution in [3.8, 4) is 0 Å². The van der Waals surface area contributed by atoms with Crippen molar-refractivity contribution in [3.05, 3.63) is 27.7 Å². The van der Waals surface area contributed by atoms with Crippen molar-refractivity contribution in [2.75, 3.05) is 11.9 Å². The van der Waals surface area contributed by atoms with Crippen molar-refractivity contribution in [2.45, 2.75) is 25.3 Å². The second kappa shape index (κ2) is 5.85. The third-order valence-corrected chi connectivity index (χ3v) is 3.62. The number of carbonyl (C=O) groups is 1. The highest BCUT2D eigenvalue weighted by molar-refractivity contribution is 9.10. The number of nitrogens with one attached hydrogen (secondary N) is 2. The molecule has 0 aliphatic carbocycles. The van der Waals surface area contributed by atoms with Gasteiger partial charge in [0.25, 0.3) is 0 Å². The Bertz CT molecular complexity index is 419. The van der Waals surface area contributed by atoms with E-state index in [1.54, 1.807) is 12.1 Å². The predicted molar refractivity (Wildman–Crippen MR) is 73.4 cm³/mol. The predicted octanol–water partition coefficient (Wildman–Crippen LogP) is 3.18. The molecule has 0 spiro atoms. The lowest BCUT2D eigenvalue weighted by Gasteiger charge is -2.22. The Kier molecular flexibility index (Phi) is 4.42. The Hall–Kier alpha value is -0.580. The quantitative estimate of drug-likeness (QED) is 0.879. The third-order valence-electron chi connectivity index (χ3n) is 2.82. The number of hydrogen-bond donors (Lipinski definition) is 2. The molecule has 0 aromatic heterocycles. The summed E-state index contributed by atoms with van der Waals surface area (Å²) in [6.45, 7) is 0.909. The van der Waals surface area contributed by atoms with Gasteiger partial charge in [-0.25, -0.2) is 0 Å². The number of piperidine rings is 1. The van der Waals surface area contributed by atoms with Crippen LogP contribution >= 0.6 is 27.5 Å². The Morgan fingerprint density at radius 2 is 2.29 bits per heavy atom. The number of amides is 1. The van der Waals surface area contributed by atoms with Crippen LogP contribution in [0.15, 0.2) is 22.7 Å². The first-order chi connectivity index (χ1) is 8.16. The summed E-state index contributed by atoms with van der Waals surface area (Å²) in [7, 11) is 0. The summed E-state index contributed by atoms with van der Waals surface area (Å²) in [5, 5.41) is 6.60. The zero-order valence-electron chi connectivity index (χ0n) is 9.30. The standard InChI is InChI=1S/C12H14BrClN2O/c13-8-4-5-10(9(14)7-8)16-12(17)11-3-1-2-6-15-11/h4-5,7,11,15H,1-3,6H2,(H,16,17)/t11-/m0/s1. The van der Waals surface area contributed by atoms with Crippen LogP contribution in [0.3, 0.4) is 0 Å². The minimum absolute atomic E-state index is 0.00563. The SMILES string of the molecule is O=C(Nc1ccc(Br)cc1Cl)[C@@H]1CCCCN1. The average molecular weight is 318 g/mol. The molecule has 0 bridgehead atoms. The van der Waals surface area contributed by atoms with Crippen molar-refractivity contribution < 1.29 is 4.79 Å². The maximum atomic E-state index is 12.0. The van der Waals surface area contributed by atoms with E-state index in [9.17, 15) is 4.79 Å². The lowest BCUT2D eigenvalue weighted by molar-refractivity contribution is -0.118. The van der Waals surface area contributed by atoms with E-state index in [2.05, 4.69) is 26.6 Å². The van der Waals surface area contributed by atoms with Crippen LogP contribution in [0.2, 0.25) is 5.02 Å². The van der Waals surface area contributed by atoms with Gasteiger partial charge in [-0.15, -0.1) is 0 Å². The molecule has 1 heterocycles. The highest BCUT2D eigenvalue weighted by Crippen LogP contribution is 2.26. The van der Waals surface area contributed by atoms with Crippen LogP contribution in [0.4, 0.5) is 5.69 Å². The number of anilines is 1. The van der Waals surface area contributed by atoms with Gasteiger partial charge in [-0.2, -0.15) is 0 Å². The normalized spacial score (nSPS) is 20.0. The molecule has 1 amide bonds. The zero-order chi connectivity index (χ0) is 12.3. The number of hydrogen-bond acceptors (Lipinski definition) is 2. The van der Waals surface area contributed by atoms with Crippen LogP contribution in [0.1, 0.15) is 19.3 Å². The van der Waals surface area contributed by atoms with Crippen LogP contribution in [0.25, 0.3) is 0 Å². The van der Waals surface area contributed by atoms with E-state index >= 15 is 0 Å². The lowest BCUT2D eigenvalue weighted by atomic mass is 10.0. The van der Waals surface area contributed by atoms with Crippen LogP contribution in [0, 0.1) is 0 Å². The Morgan fingerprint density at radius 1 is 1.47 bits per heavy atom. The van der Waals surface area contributed by atoms with Crippen molar-refractivity contribution in [1.82, 2.24) is 5.32 Å². The van der Waals surface area contributed by atoms with E-state index in [4.69, 9.17) is 11.6 Å². The Morgan fingerprint density at radius 3 is 2.94 bits per heavy atom. The fraction of sp³-hybridized carbons (Fsp3) is 0.417. The second-order valence-corrected chi connectivity index (χ2v) is 5.44. The van der Waals surface area contributed by atoms with Crippen LogP contribution in [-0.4, -0.2) is 18.5 Å². The average Bonchev–Trinajstić information content (AvgIpc) is 2.34.